The molecule has 0 fully saturated rings. The molecule has 1 N–H and O–H groups in total. The first kappa shape index (κ1) is 13.4. The monoisotopic (exact) mass is 225 g/mol. The van der Waals surface area contributed by atoms with Crippen molar-refractivity contribution in [3.05, 3.63) is 30.3 Å². The van der Waals surface area contributed by atoms with Crippen LogP contribution in [0.3, 0.4) is 0 Å². The molecule has 0 aliphatic rings. The minimum absolute atomic E-state index is 0. The first-order valence-electron chi connectivity index (χ1n) is 3.29. The molecule has 0 saturated carbocycles. The maximum absolute atomic E-state index is 10.2. The van der Waals surface area contributed by atoms with Crippen LogP contribution in [0.5, 0.6) is 5.75 Å². The van der Waals surface area contributed by atoms with Crippen molar-refractivity contribution in [2.75, 3.05) is 0 Å². The average molecular weight is 226 g/mol. The van der Waals surface area contributed by atoms with Gasteiger partial charge in [-0.05, 0) is 12.1 Å². The Hall–Kier alpha value is 0.416. The van der Waals surface area contributed by atoms with Gasteiger partial charge in [-0.15, -0.1) is 0 Å². The van der Waals surface area contributed by atoms with Crippen molar-refractivity contribution < 1.29 is 14.6 Å². The maximum Gasteiger partial charge on any atom is 0.360 e. The number of para-hydroxylation sites is 1. The minimum Gasteiger partial charge on any atom is -0.478 e. The van der Waals surface area contributed by atoms with Gasteiger partial charge in [-0.25, -0.2) is 4.79 Å². The van der Waals surface area contributed by atoms with E-state index in [-0.39, 0.29) is 51.4 Å². The predicted octanol–water partition coefficient (Wildman–Crippen LogP) is 1.33. The molecule has 13 heavy (non-hydrogen) atoms. The number of hydrogen-bond acceptors (Lipinski definition) is 2. The normalized spacial score (nSPS) is 11.2. The van der Waals surface area contributed by atoms with E-state index in [1.807, 2.05) is 0 Å². The second-order valence-corrected chi connectivity index (χ2v) is 2.48. The van der Waals surface area contributed by atoms with Gasteiger partial charge in [0.1, 0.15) is 5.75 Å². The molecule has 0 bridgehead atoms. The number of carboxylic acid groups (broad SMARTS) is 1. The molecule has 1 radical (unpaired) electrons. The van der Waals surface area contributed by atoms with E-state index in [4.69, 9.17) is 21.4 Å². The summed E-state index contributed by atoms with van der Waals surface area (Å²) in [4.78, 5) is 10.2. The maximum atomic E-state index is 10.2. The van der Waals surface area contributed by atoms with Crippen LogP contribution >= 0.6 is 11.6 Å². The van der Waals surface area contributed by atoms with Gasteiger partial charge in [0.2, 0.25) is 0 Å². The van der Waals surface area contributed by atoms with Crippen molar-refractivity contribution >= 4 is 69.0 Å². The first-order valence-corrected chi connectivity index (χ1v) is 3.72. The van der Waals surface area contributed by atoms with Crippen LogP contribution < -0.4 is 4.74 Å². The van der Waals surface area contributed by atoms with E-state index in [9.17, 15) is 4.79 Å². The number of benzene rings is 1. The molecule has 3 nitrogen and oxygen atoms in total. The fraction of sp³-hybridized carbons (Fsp3) is 0.125. The zero-order valence-corrected chi connectivity index (χ0v) is 11.0. The molecule has 1 rings (SSSR count). The Bertz CT molecular complexity index is 265. The number of aliphatic carboxylic acids is 1. The molecule has 65 valence electrons. The molecule has 5 heteroatoms. The van der Waals surface area contributed by atoms with Crippen LogP contribution in [0.1, 0.15) is 0 Å². The molecule has 0 saturated heterocycles. The van der Waals surface area contributed by atoms with Gasteiger partial charge in [0.25, 0.3) is 5.56 Å². The Morgan fingerprint density at radius 1 is 1.38 bits per heavy atom. The molecule has 1 aromatic rings. The predicted molar refractivity (Wildman–Crippen MR) is 50.1 cm³/mol. The molecule has 1 atom stereocenters. The summed E-state index contributed by atoms with van der Waals surface area (Å²) in [6.45, 7) is 0. The Morgan fingerprint density at radius 2 is 1.92 bits per heavy atom. The molecule has 0 amide bonds. The van der Waals surface area contributed by atoms with Crippen LogP contribution in [0.25, 0.3) is 0 Å². The van der Waals surface area contributed by atoms with Gasteiger partial charge < -0.3 is 9.84 Å². The van der Waals surface area contributed by atoms with Crippen molar-refractivity contribution in [2.45, 2.75) is 5.56 Å². The summed E-state index contributed by atoms with van der Waals surface area (Å²) in [7, 11) is 0. The zero-order chi connectivity index (χ0) is 8.97. The van der Waals surface area contributed by atoms with E-state index in [0.717, 1.165) is 0 Å². The third kappa shape index (κ3) is 5.00. The van der Waals surface area contributed by atoms with E-state index in [1.165, 1.54) is 0 Å². The van der Waals surface area contributed by atoms with Gasteiger partial charge in [-0.2, -0.15) is 0 Å². The molecule has 0 heterocycles. The summed E-state index contributed by atoms with van der Waals surface area (Å²) in [6, 6.07) is 8.55. The van der Waals surface area contributed by atoms with Crippen LogP contribution in [0.15, 0.2) is 30.3 Å². The summed E-state index contributed by atoms with van der Waals surface area (Å²) in [5, 5.41) is 8.39. The number of ether oxygens (including phenoxy) is 1. The molecule has 0 aromatic heterocycles. The van der Waals surface area contributed by atoms with Crippen LogP contribution in [0.2, 0.25) is 0 Å². The Kier molecular flexibility index (Phi) is 7.03. The molecule has 0 aliphatic heterocycles. The Labute approximate surface area is 123 Å². The SMILES string of the molecule is O=C(O)C(Cl)Oc1ccccc1.[K]. The Balaban J connectivity index is 0.00000144. The summed E-state index contributed by atoms with van der Waals surface area (Å²) in [6.07, 6.45) is 0. The van der Waals surface area contributed by atoms with E-state index in [2.05, 4.69) is 0 Å². The fourth-order valence-electron chi connectivity index (χ4n) is 0.669. The van der Waals surface area contributed by atoms with E-state index < -0.39 is 11.5 Å². The second-order valence-electron chi connectivity index (χ2n) is 2.09. The van der Waals surface area contributed by atoms with Crippen molar-refractivity contribution in [1.29, 1.82) is 0 Å². The minimum atomic E-state index is -1.33. The van der Waals surface area contributed by atoms with E-state index >= 15 is 0 Å². The van der Waals surface area contributed by atoms with Crippen molar-refractivity contribution in [2.24, 2.45) is 0 Å². The molecule has 1 aromatic carbocycles. The van der Waals surface area contributed by atoms with Crippen molar-refractivity contribution in [1.82, 2.24) is 0 Å². The van der Waals surface area contributed by atoms with E-state index in [0.29, 0.717) is 5.75 Å². The van der Waals surface area contributed by atoms with Gasteiger partial charge >= 0.3 is 5.97 Å². The summed E-state index contributed by atoms with van der Waals surface area (Å²) in [5.74, 6) is -0.750. The third-order valence-electron chi connectivity index (χ3n) is 1.18. The topological polar surface area (TPSA) is 46.5 Å². The third-order valence-corrected chi connectivity index (χ3v) is 1.45. The largest absolute Gasteiger partial charge is 0.478 e. The number of alkyl halides is 1. The van der Waals surface area contributed by atoms with E-state index in [1.54, 1.807) is 30.3 Å². The molecule has 0 aliphatic carbocycles. The van der Waals surface area contributed by atoms with Crippen LogP contribution in [0.4, 0.5) is 0 Å². The van der Waals surface area contributed by atoms with Crippen LogP contribution in [-0.4, -0.2) is 68.0 Å². The second kappa shape index (κ2) is 6.81. The van der Waals surface area contributed by atoms with Gasteiger partial charge in [-0.3, -0.25) is 0 Å². The average Bonchev–Trinajstić information content (AvgIpc) is 2.06. The number of rotatable bonds is 3. The summed E-state index contributed by atoms with van der Waals surface area (Å²) < 4.78 is 4.84. The van der Waals surface area contributed by atoms with Gasteiger partial charge in [-0.1, -0.05) is 29.8 Å². The molecular formula is C8H7ClKO3. The zero-order valence-electron chi connectivity index (χ0n) is 7.11. The molecule has 1 unspecified atom stereocenters. The standard InChI is InChI=1S/C8H7ClO3.K/c9-7(8(10)11)12-6-4-2-1-3-5-6;/h1-5,7H,(H,10,11);. The van der Waals surface area contributed by atoms with Crippen molar-refractivity contribution in [3.8, 4) is 5.75 Å². The number of carbonyl (C=O) groups is 1. The fourth-order valence-corrected chi connectivity index (χ4v) is 0.772. The number of hydrogen-bond donors (Lipinski definition) is 1. The number of halogens is 1. The van der Waals surface area contributed by atoms with Gasteiger partial charge in [0.05, 0.1) is 0 Å². The van der Waals surface area contributed by atoms with Crippen LogP contribution in [-0.2, 0) is 4.79 Å². The number of carboxylic acids is 1. The molecule has 0 spiro atoms. The Morgan fingerprint density at radius 3 is 2.38 bits per heavy atom. The summed E-state index contributed by atoms with van der Waals surface area (Å²) >= 11 is 5.33. The van der Waals surface area contributed by atoms with Crippen LogP contribution in [0, 0.1) is 0 Å². The van der Waals surface area contributed by atoms with Gasteiger partial charge in [0, 0.05) is 51.4 Å². The first-order chi connectivity index (χ1) is 5.70. The quantitative estimate of drug-likeness (QED) is 0.624. The van der Waals surface area contributed by atoms with Crippen molar-refractivity contribution in [3.63, 3.8) is 0 Å². The smallest absolute Gasteiger partial charge is 0.360 e. The summed E-state index contributed by atoms with van der Waals surface area (Å²) in [5.41, 5.74) is -1.33. The molecular weight excluding hydrogens is 219 g/mol. The van der Waals surface area contributed by atoms with Gasteiger partial charge in [0.15, 0.2) is 0 Å².